The van der Waals surface area contributed by atoms with E-state index in [-0.39, 0.29) is 18.3 Å². The Morgan fingerprint density at radius 3 is 2.32 bits per heavy atom. The number of halogens is 5. The summed E-state index contributed by atoms with van der Waals surface area (Å²) in [5.74, 6) is -11.0. The monoisotopic (exact) mass is 502 g/mol. The topological polar surface area (TPSA) is 53.3 Å². The number of nitrogens with zero attached hydrogens (tertiary/aromatic N) is 2. The number of esters is 1. The van der Waals surface area contributed by atoms with Gasteiger partial charge in [0.2, 0.25) is 5.82 Å². The molecule has 0 aliphatic carbocycles. The summed E-state index contributed by atoms with van der Waals surface area (Å²) in [4.78, 5) is 16.5. The smallest absolute Gasteiger partial charge is 0.338 e. The molecule has 0 aliphatic rings. The van der Waals surface area contributed by atoms with E-state index in [9.17, 15) is 26.7 Å². The molecule has 1 aromatic heterocycles. The Bertz CT molecular complexity index is 1170. The number of thioether (sulfide) groups is 1. The lowest BCUT2D eigenvalue weighted by atomic mass is 10.2. The third-order valence-corrected chi connectivity index (χ3v) is 5.85. The molecule has 3 aromatic rings. The number of imidazole rings is 1. The fourth-order valence-electron chi connectivity index (χ4n) is 3.23. The zero-order chi connectivity index (χ0) is 25.0. The second-order valence-corrected chi connectivity index (χ2v) is 8.52. The Labute approximate surface area is 197 Å². The summed E-state index contributed by atoms with van der Waals surface area (Å²) in [6.45, 7) is 6.54. The maximum atomic E-state index is 14.1. The van der Waals surface area contributed by atoms with Crippen molar-refractivity contribution in [3.8, 4) is 0 Å². The van der Waals surface area contributed by atoms with Crippen LogP contribution in [0.4, 0.5) is 22.0 Å². The molecule has 0 saturated carbocycles. The highest BCUT2D eigenvalue weighted by Crippen LogP contribution is 2.31. The van der Waals surface area contributed by atoms with Gasteiger partial charge in [-0.15, -0.1) is 0 Å². The van der Waals surface area contributed by atoms with Crippen LogP contribution in [-0.4, -0.2) is 34.8 Å². The van der Waals surface area contributed by atoms with E-state index < -0.39 is 46.4 Å². The molecule has 0 atom stereocenters. The number of aryl methyl sites for hydroxylation is 1. The molecule has 0 N–H and O–H groups in total. The summed E-state index contributed by atoms with van der Waals surface area (Å²) in [6.07, 6.45) is 0.619. The predicted octanol–water partition coefficient (Wildman–Crippen LogP) is 6.02. The lowest BCUT2D eigenvalue weighted by Crippen LogP contribution is -2.09. The summed E-state index contributed by atoms with van der Waals surface area (Å²) in [7, 11) is 0. The van der Waals surface area contributed by atoms with Crippen LogP contribution in [-0.2, 0) is 21.8 Å². The first kappa shape index (κ1) is 26.0. The van der Waals surface area contributed by atoms with Gasteiger partial charge in [0, 0.05) is 24.5 Å². The quantitative estimate of drug-likeness (QED) is 0.0848. The molecule has 34 heavy (non-hydrogen) atoms. The second kappa shape index (κ2) is 11.2. The predicted molar refractivity (Wildman–Crippen MR) is 117 cm³/mol. The molecule has 5 nitrogen and oxygen atoms in total. The highest BCUT2D eigenvalue weighted by molar-refractivity contribution is 7.98. The summed E-state index contributed by atoms with van der Waals surface area (Å²) in [6, 6.07) is 4.76. The molecule has 2 aromatic carbocycles. The van der Waals surface area contributed by atoms with E-state index in [1.54, 1.807) is 23.6 Å². The molecular weight excluding hydrogens is 479 g/mol. The fourth-order valence-corrected chi connectivity index (χ4v) is 4.27. The first-order valence-corrected chi connectivity index (χ1v) is 11.6. The number of fused-ring (bicyclic) bond motifs is 1. The van der Waals surface area contributed by atoms with Gasteiger partial charge in [0.15, 0.2) is 28.4 Å². The maximum absolute atomic E-state index is 14.1. The third kappa shape index (κ3) is 5.52. The Morgan fingerprint density at radius 1 is 1.06 bits per heavy atom. The molecular formula is C23H23F5N2O3S. The van der Waals surface area contributed by atoms with Crippen LogP contribution in [0.1, 0.15) is 43.1 Å². The van der Waals surface area contributed by atoms with E-state index in [1.165, 1.54) is 6.07 Å². The second-order valence-electron chi connectivity index (χ2n) is 7.58. The van der Waals surface area contributed by atoms with Crippen LogP contribution in [0.25, 0.3) is 11.0 Å². The largest absolute Gasteiger partial charge is 0.462 e. The van der Waals surface area contributed by atoms with Crippen LogP contribution in [0.5, 0.6) is 0 Å². The van der Waals surface area contributed by atoms with E-state index in [2.05, 4.69) is 4.98 Å². The van der Waals surface area contributed by atoms with Crippen molar-refractivity contribution >= 4 is 28.8 Å². The van der Waals surface area contributed by atoms with Crippen LogP contribution in [0.3, 0.4) is 0 Å². The zero-order valence-corrected chi connectivity index (χ0v) is 19.6. The molecule has 184 valence electrons. The van der Waals surface area contributed by atoms with Crippen molar-refractivity contribution in [2.75, 3.05) is 13.2 Å². The average Bonchev–Trinajstić information content (AvgIpc) is 3.15. The number of carbonyl (C=O) groups is 1. The minimum absolute atomic E-state index is 0.0368. The van der Waals surface area contributed by atoms with Crippen LogP contribution >= 0.6 is 11.8 Å². The summed E-state index contributed by atoms with van der Waals surface area (Å²) < 4.78 is 81.1. The van der Waals surface area contributed by atoms with Crippen molar-refractivity contribution < 1.29 is 36.2 Å². The van der Waals surface area contributed by atoms with E-state index >= 15 is 0 Å². The molecule has 0 unspecified atom stereocenters. The molecule has 0 bridgehead atoms. The minimum Gasteiger partial charge on any atom is -0.462 e. The molecule has 0 fully saturated rings. The van der Waals surface area contributed by atoms with Crippen molar-refractivity contribution in [2.45, 2.75) is 50.8 Å². The Balaban J connectivity index is 1.94. The number of benzene rings is 2. The number of rotatable bonds is 10. The summed E-state index contributed by atoms with van der Waals surface area (Å²) >= 11 is 0.825. The Hall–Kier alpha value is -2.66. The molecule has 3 rings (SSSR count). The SMILES string of the molecule is CCOC(=O)c1ccc2c(c1)nc(SCc1c(F)c(F)c(F)c(F)c1F)n2CCCOC(C)C. The Morgan fingerprint density at radius 2 is 1.71 bits per heavy atom. The van der Waals surface area contributed by atoms with E-state index in [0.29, 0.717) is 35.8 Å². The number of ether oxygens (including phenoxy) is 2. The summed E-state index contributed by atoms with van der Waals surface area (Å²) in [5, 5.41) is 0.296. The van der Waals surface area contributed by atoms with Crippen LogP contribution in [0, 0.1) is 29.1 Å². The summed E-state index contributed by atoms with van der Waals surface area (Å²) in [5.41, 5.74) is 0.404. The van der Waals surface area contributed by atoms with Crippen LogP contribution in [0.15, 0.2) is 23.4 Å². The Kier molecular flexibility index (Phi) is 8.53. The zero-order valence-electron chi connectivity index (χ0n) is 18.8. The first-order valence-electron chi connectivity index (χ1n) is 10.6. The van der Waals surface area contributed by atoms with Crippen LogP contribution in [0.2, 0.25) is 0 Å². The van der Waals surface area contributed by atoms with Gasteiger partial charge in [0.25, 0.3) is 0 Å². The molecule has 11 heteroatoms. The average molecular weight is 503 g/mol. The maximum Gasteiger partial charge on any atom is 0.338 e. The fraction of sp³-hybridized carbons (Fsp3) is 0.391. The number of hydrogen-bond acceptors (Lipinski definition) is 5. The van der Waals surface area contributed by atoms with Gasteiger partial charge in [-0.2, -0.15) is 0 Å². The first-order chi connectivity index (χ1) is 16.1. The molecule has 0 aliphatic heterocycles. The van der Waals surface area contributed by atoms with Gasteiger partial charge in [-0.05, 0) is 45.4 Å². The molecule has 0 saturated heterocycles. The van der Waals surface area contributed by atoms with Gasteiger partial charge in [0.05, 0.1) is 29.3 Å². The van der Waals surface area contributed by atoms with Gasteiger partial charge in [-0.25, -0.2) is 31.7 Å². The highest BCUT2D eigenvalue weighted by Gasteiger charge is 2.26. The number of hydrogen-bond donors (Lipinski definition) is 0. The molecule has 0 spiro atoms. The van der Waals surface area contributed by atoms with E-state index in [1.807, 2.05) is 13.8 Å². The minimum atomic E-state index is -2.20. The van der Waals surface area contributed by atoms with Gasteiger partial charge < -0.3 is 14.0 Å². The number of carbonyl (C=O) groups excluding carboxylic acids is 1. The normalized spacial score (nSPS) is 11.6. The van der Waals surface area contributed by atoms with Gasteiger partial charge in [-0.1, -0.05) is 11.8 Å². The van der Waals surface area contributed by atoms with Crippen LogP contribution < -0.4 is 0 Å². The van der Waals surface area contributed by atoms with Gasteiger partial charge >= 0.3 is 5.97 Å². The van der Waals surface area contributed by atoms with Gasteiger partial charge in [-0.3, -0.25) is 0 Å². The third-order valence-electron chi connectivity index (χ3n) is 4.85. The van der Waals surface area contributed by atoms with Crippen molar-refractivity contribution in [2.24, 2.45) is 0 Å². The van der Waals surface area contributed by atoms with Crippen molar-refractivity contribution in [1.29, 1.82) is 0 Å². The highest BCUT2D eigenvalue weighted by atomic mass is 32.2. The molecule has 1 heterocycles. The van der Waals surface area contributed by atoms with Crippen molar-refractivity contribution in [1.82, 2.24) is 9.55 Å². The van der Waals surface area contributed by atoms with E-state index in [4.69, 9.17) is 9.47 Å². The standard InChI is InChI=1S/C23H23F5N2O3S/c1-4-32-22(31)13-6-7-16-15(10-13)29-23(30(16)8-5-9-33-12(2)3)34-11-14-17(24)19(26)21(28)20(27)18(14)25/h6-7,10,12H,4-5,8-9,11H2,1-3H3. The lowest BCUT2D eigenvalue weighted by Gasteiger charge is -2.12. The molecule has 0 radical (unpaired) electrons. The lowest BCUT2D eigenvalue weighted by molar-refractivity contribution is 0.0526. The van der Waals surface area contributed by atoms with E-state index in [0.717, 1.165) is 11.8 Å². The van der Waals surface area contributed by atoms with Gasteiger partial charge in [0.1, 0.15) is 0 Å². The van der Waals surface area contributed by atoms with Crippen molar-refractivity contribution in [3.63, 3.8) is 0 Å². The number of aromatic nitrogens is 2. The van der Waals surface area contributed by atoms with Crippen molar-refractivity contribution in [3.05, 3.63) is 58.4 Å². The molecule has 0 amide bonds.